The molecule has 0 aliphatic carbocycles. The summed E-state index contributed by atoms with van der Waals surface area (Å²) in [5, 5.41) is 11.9. The molecular formula is C33H37N5O3S. The summed E-state index contributed by atoms with van der Waals surface area (Å²) in [6, 6.07) is 21.3. The van der Waals surface area contributed by atoms with Gasteiger partial charge in [0, 0.05) is 17.1 Å². The first-order valence-corrected chi connectivity index (χ1v) is 15.2. The largest absolute Gasteiger partial charge is 0.490 e. The van der Waals surface area contributed by atoms with Crippen LogP contribution in [0.4, 0.5) is 11.6 Å². The number of nitrogens with one attached hydrogen (secondary N) is 2. The number of aromatic nitrogens is 3. The standard InChI is InChI=1S/C33H37N5O3S/c1-6-16-42-33-36-32-34-23(5)29(31(39)35-26-13-9-11-22(4)18-26)30(38(32)37-33)25-14-15-27(28(19-25)40-7-2)41-20-24-12-8-10-21(3)17-24/h8-15,17-19,30H,6-7,16,20H2,1-5H3,(H,35,39)(H,34,36,37). The van der Waals surface area contributed by atoms with E-state index in [4.69, 9.17) is 19.6 Å². The van der Waals surface area contributed by atoms with Crippen molar-refractivity contribution in [1.29, 1.82) is 0 Å². The van der Waals surface area contributed by atoms with Crippen molar-refractivity contribution in [3.05, 3.63) is 100 Å². The molecule has 0 bridgehead atoms. The Balaban J connectivity index is 1.53. The van der Waals surface area contributed by atoms with Crippen LogP contribution in [0.25, 0.3) is 0 Å². The van der Waals surface area contributed by atoms with Crippen LogP contribution in [0.2, 0.25) is 0 Å². The summed E-state index contributed by atoms with van der Waals surface area (Å²) in [5.74, 6) is 2.54. The highest BCUT2D eigenvalue weighted by Crippen LogP contribution is 2.40. The molecule has 5 rings (SSSR count). The normalized spacial score (nSPS) is 14.3. The second-order valence-corrected chi connectivity index (χ2v) is 11.4. The highest BCUT2D eigenvalue weighted by atomic mass is 32.2. The SMILES string of the molecule is CCCSc1nc2n(n1)C(c1ccc(OCc3cccc(C)c3)c(OCC)c1)C(C(=O)Nc1cccc(C)c1)=C(C)N2. The first kappa shape index (κ1) is 29.3. The number of fused-ring (bicyclic) bond motifs is 1. The number of allylic oxidation sites excluding steroid dienone is 1. The van der Waals surface area contributed by atoms with Gasteiger partial charge in [-0.05, 0) is 75.1 Å². The zero-order valence-corrected chi connectivity index (χ0v) is 25.5. The summed E-state index contributed by atoms with van der Waals surface area (Å²) in [6.07, 6.45) is 1.01. The van der Waals surface area contributed by atoms with Gasteiger partial charge in [-0.25, -0.2) is 4.68 Å². The van der Waals surface area contributed by atoms with Gasteiger partial charge in [0.05, 0.1) is 12.2 Å². The number of hydrogen-bond acceptors (Lipinski definition) is 7. The second kappa shape index (κ2) is 13.2. The van der Waals surface area contributed by atoms with E-state index in [0.717, 1.165) is 40.2 Å². The Morgan fingerprint density at radius 1 is 0.976 bits per heavy atom. The Morgan fingerprint density at radius 2 is 1.76 bits per heavy atom. The Bertz CT molecular complexity index is 1610. The lowest BCUT2D eigenvalue weighted by molar-refractivity contribution is -0.113. The highest BCUT2D eigenvalue weighted by Gasteiger charge is 2.35. The number of rotatable bonds is 11. The second-order valence-electron chi connectivity index (χ2n) is 10.3. The molecule has 3 aromatic carbocycles. The van der Waals surface area contributed by atoms with Crippen LogP contribution in [0.3, 0.4) is 0 Å². The molecule has 4 aromatic rings. The number of hydrogen-bond donors (Lipinski definition) is 2. The third-order valence-corrected chi connectivity index (χ3v) is 7.89. The van der Waals surface area contributed by atoms with E-state index >= 15 is 0 Å². The lowest BCUT2D eigenvalue weighted by Gasteiger charge is -2.29. The number of aryl methyl sites for hydroxylation is 2. The summed E-state index contributed by atoms with van der Waals surface area (Å²) >= 11 is 1.60. The Morgan fingerprint density at radius 3 is 2.50 bits per heavy atom. The lowest BCUT2D eigenvalue weighted by Crippen LogP contribution is -2.31. The van der Waals surface area contributed by atoms with Crippen molar-refractivity contribution < 1.29 is 14.3 Å². The van der Waals surface area contributed by atoms with E-state index in [1.165, 1.54) is 5.56 Å². The van der Waals surface area contributed by atoms with Crippen molar-refractivity contribution in [2.24, 2.45) is 0 Å². The topological polar surface area (TPSA) is 90.3 Å². The minimum atomic E-state index is -0.528. The predicted molar refractivity (Wildman–Crippen MR) is 168 cm³/mol. The molecule has 0 fully saturated rings. The summed E-state index contributed by atoms with van der Waals surface area (Å²) < 4.78 is 14.1. The number of thioether (sulfide) groups is 1. The maximum absolute atomic E-state index is 13.9. The fraction of sp³-hybridized carbons (Fsp3) is 0.303. The van der Waals surface area contributed by atoms with Crippen LogP contribution in [0.5, 0.6) is 11.5 Å². The van der Waals surface area contributed by atoms with Crippen molar-refractivity contribution in [3.8, 4) is 11.5 Å². The van der Waals surface area contributed by atoms with Gasteiger partial charge in [0.1, 0.15) is 12.6 Å². The quantitative estimate of drug-likeness (QED) is 0.179. The maximum atomic E-state index is 13.9. The third kappa shape index (κ3) is 6.62. The average molecular weight is 584 g/mol. The smallest absolute Gasteiger partial charge is 0.255 e. The third-order valence-electron chi connectivity index (χ3n) is 6.85. The Hall–Kier alpha value is -4.24. The van der Waals surface area contributed by atoms with Gasteiger partial charge in [0.2, 0.25) is 11.1 Å². The van der Waals surface area contributed by atoms with Crippen molar-refractivity contribution in [2.45, 2.75) is 58.8 Å². The van der Waals surface area contributed by atoms with E-state index in [2.05, 4.69) is 36.6 Å². The minimum Gasteiger partial charge on any atom is -0.490 e. The average Bonchev–Trinajstić information content (AvgIpc) is 3.37. The molecule has 0 saturated carbocycles. The molecule has 1 unspecified atom stereocenters. The molecule has 8 nitrogen and oxygen atoms in total. The molecule has 0 radical (unpaired) electrons. The Labute approximate surface area is 251 Å². The van der Waals surface area contributed by atoms with Gasteiger partial charge >= 0.3 is 0 Å². The van der Waals surface area contributed by atoms with E-state index in [1.807, 2.05) is 75.4 Å². The van der Waals surface area contributed by atoms with Gasteiger partial charge in [-0.15, -0.1) is 5.10 Å². The fourth-order valence-corrected chi connectivity index (χ4v) is 5.64. The molecule has 1 amide bonds. The number of carbonyl (C=O) groups is 1. The number of carbonyl (C=O) groups excluding carboxylic acids is 1. The number of amides is 1. The zero-order valence-electron chi connectivity index (χ0n) is 24.7. The fourth-order valence-electron chi connectivity index (χ4n) is 4.95. The van der Waals surface area contributed by atoms with Gasteiger partial charge in [0.15, 0.2) is 11.5 Å². The van der Waals surface area contributed by atoms with Crippen LogP contribution < -0.4 is 20.1 Å². The van der Waals surface area contributed by atoms with Crippen LogP contribution in [-0.2, 0) is 11.4 Å². The molecule has 2 N–H and O–H groups in total. The van der Waals surface area contributed by atoms with E-state index in [-0.39, 0.29) is 5.91 Å². The van der Waals surface area contributed by atoms with Gasteiger partial charge in [-0.3, -0.25) is 4.79 Å². The maximum Gasteiger partial charge on any atom is 0.255 e. The molecule has 1 aliphatic rings. The molecule has 1 atom stereocenters. The van der Waals surface area contributed by atoms with E-state index in [1.54, 1.807) is 16.4 Å². The number of ether oxygens (including phenoxy) is 2. The molecule has 1 aliphatic heterocycles. The van der Waals surface area contributed by atoms with Crippen molar-refractivity contribution in [3.63, 3.8) is 0 Å². The lowest BCUT2D eigenvalue weighted by atomic mass is 9.94. The molecule has 1 aromatic heterocycles. The summed E-state index contributed by atoms with van der Waals surface area (Å²) in [7, 11) is 0. The van der Waals surface area contributed by atoms with Gasteiger partial charge < -0.3 is 20.1 Å². The number of anilines is 2. The summed E-state index contributed by atoms with van der Waals surface area (Å²) in [6.45, 7) is 10.9. The first-order chi connectivity index (χ1) is 20.4. The van der Waals surface area contributed by atoms with Crippen LogP contribution in [0.1, 0.15) is 55.5 Å². The van der Waals surface area contributed by atoms with Crippen LogP contribution in [-0.4, -0.2) is 33.0 Å². The molecule has 0 spiro atoms. The minimum absolute atomic E-state index is 0.211. The zero-order chi connectivity index (χ0) is 29.6. The van der Waals surface area contributed by atoms with Crippen molar-refractivity contribution >= 4 is 29.3 Å². The van der Waals surface area contributed by atoms with E-state index in [9.17, 15) is 4.79 Å². The molecule has 2 heterocycles. The van der Waals surface area contributed by atoms with Crippen LogP contribution in [0, 0.1) is 13.8 Å². The summed E-state index contributed by atoms with van der Waals surface area (Å²) in [4.78, 5) is 18.6. The molecule has 42 heavy (non-hydrogen) atoms. The molecule has 0 saturated heterocycles. The molecule has 9 heteroatoms. The van der Waals surface area contributed by atoms with Gasteiger partial charge in [-0.1, -0.05) is 66.7 Å². The van der Waals surface area contributed by atoms with E-state index in [0.29, 0.717) is 41.4 Å². The predicted octanol–water partition coefficient (Wildman–Crippen LogP) is 7.30. The van der Waals surface area contributed by atoms with Gasteiger partial charge in [-0.2, -0.15) is 4.98 Å². The molecular weight excluding hydrogens is 546 g/mol. The van der Waals surface area contributed by atoms with E-state index < -0.39 is 6.04 Å². The monoisotopic (exact) mass is 583 g/mol. The van der Waals surface area contributed by atoms with Crippen molar-refractivity contribution in [1.82, 2.24) is 14.8 Å². The van der Waals surface area contributed by atoms with Crippen LogP contribution in [0.15, 0.2) is 83.2 Å². The first-order valence-electron chi connectivity index (χ1n) is 14.3. The Kier molecular flexibility index (Phi) is 9.17. The van der Waals surface area contributed by atoms with Gasteiger partial charge in [0.25, 0.3) is 5.91 Å². The van der Waals surface area contributed by atoms with Crippen LogP contribution >= 0.6 is 11.8 Å². The highest BCUT2D eigenvalue weighted by molar-refractivity contribution is 7.99. The van der Waals surface area contributed by atoms with Crippen molar-refractivity contribution in [2.75, 3.05) is 23.0 Å². The number of benzene rings is 3. The summed E-state index contributed by atoms with van der Waals surface area (Å²) in [5.41, 5.74) is 6.17. The molecule has 218 valence electrons. The number of nitrogens with zero attached hydrogens (tertiary/aromatic N) is 3.